The van der Waals surface area contributed by atoms with Gasteiger partial charge in [0.05, 0.1) is 30.5 Å². The van der Waals surface area contributed by atoms with E-state index in [-0.39, 0.29) is 35.9 Å². The minimum atomic E-state index is -1.27. The number of carbonyl (C=O) groups is 1. The average molecular weight is 700 g/mol. The van der Waals surface area contributed by atoms with Gasteiger partial charge in [-0.2, -0.15) is 4.98 Å². The van der Waals surface area contributed by atoms with Crippen molar-refractivity contribution in [1.29, 1.82) is 0 Å². The summed E-state index contributed by atoms with van der Waals surface area (Å²) < 4.78 is 32.6. The monoisotopic (exact) mass is 699 g/mol. The highest BCUT2D eigenvalue weighted by molar-refractivity contribution is 5.77. The summed E-state index contributed by atoms with van der Waals surface area (Å²) in [7, 11) is 0. The SMILES string of the molecule is CC(C)c1c(/C=C/[C@@H](O)C[C@@H](O)CC(=O)O)c(-c2ccc(F)cc2)cn(-c2cnc(N[C@H]3CC[C@H](Nc4nc5ccccn5n4)C3)c(F)c2)c1=O. The summed E-state index contributed by atoms with van der Waals surface area (Å²) in [6.45, 7) is 3.64. The third-order valence-electron chi connectivity index (χ3n) is 8.88. The van der Waals surface area contributed by atoms with Crippen molar-refractivity contribution in [3.05, 3.63) is 106 Å². The van der Waals surface area contributed by atoms with Crippen LogP contribution in [0.4, 0.5) is 20.5 Å². The van der Waals surface area contributed by atoms with Gasteiger partial charge in [-0.1, -0.05) is 44.2 Å². The second-order valence-electron chi connectivity index (χ2n) is 13.1. The maximum Gasteiger partial charge on any atom is 0.305 e. The van der Waals surface area contributed by atoms with Gasteiger partial charge in [-0.15, -0.1) is 5.10 Å². The van der Waals surface area contributed by atoms with E-state index in [1.807, 2.05) is 38.2 Å². The number of nitrogens with zero attached hydrogens (tertiary/aromatic N) is 5. The first-order chi connectivity index (χ1) is 24.4. The Morgan fingerprint density at radius 2 is 1.82 bits per heavy atom. The van der Waals surface area contributed by atoms with Gasteiger partial charge in [0.1, 0.15) is 5.82 Å². The van der Waals surface area contributed by atoms with Crippen molar-refractivity contribution in [2.24, 2.45) is 0 Å². The molecule has 5 aromatic rings. The Kier molecular flexibility index (Phi) is 10.5. The molecule has 1 aromatic carbocycles. The van der Waals surface area contributed by atoms with Crippen LogP contribution in [0.25, 0.3) is 28.5 Å². The maximum atomic E-state index is 15.7. The van der Waals surface area contributed by atoms with Crippen LogP contribution in [0.3, 0.4) is 0 Å². The highest BCUT2D eigenvalue weighted by Gasteiger charge is 2.27. The van der Waals surface area contributed by atoms with E-state index in [2.05, 4.69) is 25.7 Å². The molecule has 0 bridgehead atoms. The molecule has 0 spiro atoms. The summed E-state index contributed by atoms with van der Waals surface area (Å²) >= 11 is 0. The second-order valence-corrected chi connectivity index (χ2v) is 13.1. The molecule has 14 heteroatoms. The minimum Gasteiger partial charge on any atom is -0.481 e. The molecule has 4 atom stereocenters. The zero-order chi connectivity index (χ0) is 36.2. The van der Waals surface area contributed by atoms with Crippen LogP contribution < -0.4 is 16.2 Å². The van der Waals surface area contributed by atoms with Gasteiger partial charge < -0.3 is 26.0 Å². The number of benzene rings is 1. The van der Waals surface area contributed by atoms with Gasteiger partial charge >= 0.3 is 5.97 Å². The normalized spacial score (nSPS) is 17.3. The van der Waals surface area contributed by atoms with Crippen LogP contribution in [0.1, 0.15) is 63.0 Å². The molecule has 6 rings (SSSR count). The zero-order valence-electron chi connectivity index (χ0n) is 28.1. The molecule has 0 amide bonds. The summed E-state index contributed by atoms with van der Waals surface area (Å²) in [4.78, 5) is 33.9. The van der Waals surface area contributed by atoms with E-state index < -0.39 is 41.8 Å². The van der Waals surface area contributed by atoms with Gasteiger partial charge in [-0.3, -0.25) is 14.2 Å². The Balaban J connectivity index is 1.26. The fraction of sp³-hybridized carbons (Fsp3) is 0.324. The molecule has 4 aromatic heterocycles. The van der Waals surface area contributed by atoms with E-state index in [0.29, 0.717) is 34.6 Å². The van der Waals surface area contributed by atoms with Crippen molar-refractivity contribution >= 4 is 29.5 Å². The van der Waals surface area contributed by atoms with Crippen LogP contribution >= 0.6 is 0 Å². The fourth-order valence-electron chi connectivity index (χ4n) is 6.46. The van der Waals surface area contributed by atoms with Crippen molar-refractivity contribution in [3.63, 3.8) is 0 Å². The lowest BCUT2D eigenvalue weighted by Crippen LogP contribution is -2.26. The highest BCUT2D eigenvalue weighted by atomic mass is 19.1. The number of carboxylic acids is 1. The molecule has 1 aliphatic carbocycles. The number of aromatic nitrogens is 5. The number of anilines is 2. The molecule has 266 valence electrons. The van der Waals surface area contributed by atoms with Gasteiger partial charge in [0.25, 0.3) is 5.56 Å². The first kappa shape index (κ1) is 35.4. The smallest absolute Gasteiger partial charge is 0.305 e. The lowest BCUT2D eigenvalue weighted by molar-refractivity contribution is -0.139. The van der Waals surface area contributed by atoms with E-state index in [4.69, 9.17) is 5.11 Å². The lowest BCUT2D eigenvalue weighted by atomic mass is 9.91. The van der Waals surface area contributed by atoms with Crippen molar-refractivity contribution in [3.8, 4) is 16.8 Å². The number of aliphatic hydroxyl groups excluding tert-OH is 2. The van der Waals surface area contributed by atoms with Crippen LogP contribution in [0, 0.1) is 11.6 Å². The molecule has 0 radical (unpaired) electrons. The first-order valence-electron chi connectivity index (χ1n) is 16.8. The number of halogens is 2. The molecule has 4 heterocycles. The number of carboxylic acid groups (broad SMARTS) is 1. The van der Waals surface area contributed by atoms with Crippen LogP contribution in [-0.2, 0) is 4.79 Å². The number of aliphatic hydroxyl groups is 2. The Bertz CT molecular complexity index is 2080. The van der Waals surface area contributed by atoms with Crippen LogP contribution in [-0.4, -0.2) is 69.7 Å². The van der Waals surface area contributed by atoms with Gasteiger partial charge in [-0.05, 0) is 60.6 Å². The number of aliphatic carboxylic acids is 1. The standard InChI is InChI=1S/C37H39F2N7O5/c1-21(2)34-29(13-12-27(47)17-28(48)18-33(49)50)30(22-6-8-23(38)9-7-22)20-45(36(34)51)26-16-31(39)35(40-19-26)41-24-10-11-25(15-24)42-37-43-32-5-3-4-14-46(32)44-37/h3-9,12-14,16,19-21,24-25,27-28,47-48H,10-11,15,17-18H2,1-2H3,(H,40,41)(H,42,44)(H,49,50)/b13-12+/t24-,25-,27+,28+/m0/s1. The van der Waals surface area contributed by atoms with E-state index in [1.165, 1.54) is 41.2 Å². The molecule has 12 nitrogen and oxygen atoms in total. The number of hydrogen-bond acceptors (Lipinski definition) is 9. The third kappa shape index (κ3) is 8.30. The van der Waals surface area contributed by atoms with Gasteiger partial charge in [0.15, 0.2) is 17.3 Å². The molecule has 1 saturated carbocycles. The minimum absolute atomic E-state index is 0.0561. The number of fused-ring (bicyclic) bond motifs is 1. The molecule has 51 heavy (non-hydrogen) atoms. The van der Waals surface area contributed by atoms with E-state index in [0.717, 1.165) is 18.5 Å². The summed E-state index contributed by atoms with van der Waals surface area (Å²) in [5, 5.41) is 40.5. The number of nitrogens with one attached hydrogen (secondary N) is 2. The largest absolute Gasteiger partial charge is 0.481 e. The first-order valence-corrected chi connectivity index (χ1v) is 16.8. The van der Waals surface area contributed by atoms with Crippen molar-refractivity contribution < 1.29 is 28.9 Å². The Labute approximate surface area is 292 Å². The molecule has 0 saturated heterocycles. The molecular weight excluding hydrogens is 660 g/mol. The van der Waals surface area contributed by atoms with Crippen molar-refractivity contribution in [2.45, 2.75) is 76.2 Å². The Morgan fingerprint density at radius 1 is 1.08 bits per heavy atom. The van der Waals surface area contributed by atoms with Crippen molar-refractivity contribution in [1.82, 2.24) is 24.1 Å². The molecule has 1 fully saturated rings. The summed E-state index contributed by atoms with van der Waals surface area (Å²) in [6.07, 6.45) is 6.73. The molecule has 1 aliphatic rings. The second kappa shape index (κ2) is 15.2. The number of pyridine rings is 3. The van der Waals surface area contributed by atoms with Gasteiger partial charge in [-0.25, -0.2) is 18.3 Å². The Hall–Kier alpha value is -5.47. The molecular formula is C37H39F2N7O5. The number of hydrogen-bond donors (Lipinski definition) is 5. The molecule has 0 aliphatic heterocycles. The topological polar surface area (TPSA) is 167 Å². The predicted molar refractivity (Wildman–Crippen MR) is 189 cm³/mol. The number of rotatable bonds is 13. The fourth-order valence-corrected chi connectivity index (χ4v) is 6.46. The Morgan fingerprint density at radius 3 is 2.51 bits per heavy atom. The van der Waals surface area contributed by atoms with Gasteiger partial charge in [0.2, 0.25) is 5.95 Å². The summed E-state index contributed by atoms with van der Waals surface area (Å²) in [5.41, 5.74) is 2.33. The summed E-state index contributed by atoms with van der Waals surface area (Å²) in [5.74, 6) is -2.04. The summed E-state index contributed by atoms with van der Waals surface area (Å²) in [6, 6.07) is 12.6. The highest BCUT2D eigenvalue weighted by Crippen LogP contribution is 2.32. The van der Waals surface area contributed by atoms with Crippen LogP contribution in [0.15, 0.2) is 78.0 Å². The maximum absolute atomic E-state index is 15.7. The van der Waals surface area contributed by atoms with E-state index in [1.54, 1.807) is 22.7 Å². The van der Waals surface area contributed by atoms with Gasteiger partial charge in [0, 0.05) is 48.1 Å². The van der Waals surface area contributed by atoms with Crippen LogP contribution in [0.2, 0.25) is 0 Å². The quantitative estimate of drug-likeness (QED) is 0.108. The third-order valence-corrected chi connectivity index (χ3v) is 8.88. The van der Waals surface area contributed by atoms with E-state index in [9.17, 15) is 24.2 Å². The molecule has 5 N–H and O–H groups in total. The van der Waals surface area contributed by atoms with Crippen molar-refractivity contribution in [2.75, 3.05) is 10.6 Å². The average Bonchev–Trinajstić information content (AvgIpc) is 3.70. The zero-order valence-corrected chi connectivity index (χ0v) is 28.1. The lowest BCUT2D eigenvalue weighted by Gasteiger charge is -2.20. The molecule has 0 unspecified atom stereocenters. The van der Waals surface area contributed by atoms with E-state index >= 15 is 4.39 Å². The van der Waals surface area contributed by atoms with Crippen LogP contribution in [0.5, 0.6) is 0 Å². The predicted octanol–water partition coefficient (Wildman–Crippen LogP) is 5.39.